The van der Waals surface area contributed by atoms with Crippen LogP contribution >= 0.6 is 0 Å². The van der Waals surface area contributed by atoms with Crippen LogP contribution in [0.4, 0.5) is 0 Å². The van der Waals surface area contributed by atoms with Gasteiger partial charge in [0.1, 0.15) is 0 Å². The largest absolute Gasteiger partial charge is 2.00 e. The fourth-order valence-electron chi connectivity index (χ4n) is 0.172. The van der Waals surface area contributed by atoms with Gasteiger partial charge in [-0.3, -0.25) is 4.55 Å². The van der Waals surface area contributed by atoms with Crippen LogP contribution in [0.1, 0.15) is 9.78 Å². The molecule has 0 saturated heterocycles. The Balaban J connectivity index is -0.0000000600. The van der Waals surface area contributed by atoms with E-state index in [1.54, 1.807) is 0 Å². The summed E-state index contributed by atoms with van der Waals surface area (Å²) in [5.74, 6) is 0. The first-order valence-electron chi connectivity index (χ1n) is 1.66. The molecule has 0 bridgehead atoms. The van der Waals surface area contributed by atoms with E-state index in [9.17, 15) is 8.42 Å². The van der Waals surface area contributed by atoms with E-state index in [0.717, 1.165) is 0 Å². The van der Waals surface area contributed by atoms with Crippen LogP contribution in [0.2, 0.25) is 0 Å². The van der Waals surface area contributed by atoms with Gasteiger partial charge in [0.05, 0.1) is 5.41 Å². The van der Waals surface area contributed by atoms with Gasteiger partial charge < -0.3 is 2.85 Å². The van der Waals surface area contributed by atoms with Gasteiger partial charge in [-0.2, -0.15) is 8.42 Å². The molecular weight excluding hydrogens is 140 g/mol. The quantitative estimate of drug-likeness (QED) is 0.428. The molecule has 5 heteroatoms. The number of hydrogen-bond donors (Lipinski definition) is 1. The molecule has 0 heterocycles. The summed E-state index contributed by atoms with van der Waals surface area (Å²) < 4.78 is 27.3. The molecule has 0 aliphatic carbocycles. The molecule has 46 valence electrons. The molecule has 0 atom stereocenters. The van der Waals surface area contributed by atoms with Crippen molar-refractivity contribution >= 4 is 33.2 Å². The van der Waals surface area contributed by atoms with E-state index in [1.165, 1.54) is 13.0 Å². The SMILES string of the molecule is CC=CS(=O)(=O)O.[H-].[H-].[Mg+2]. The molecule has 0 aromatic carbocycles. The maximum absolute atomic E-state index is 9.70. The Labute approximate surface area is 67.6 Å². The van der Waals surface area contributed by atoms with Crippen LogP contribution in [0, 0.1) is 0 Å². The second-order valence-electron chi connectivity index (χ2n) is 0.984. The molecule has 0 aromatic rings. The minimum absolute atomic E-state index is 0. The molecule has 0 fully saturated rings. The number of allylic oxidation sites excluding steroid dienone is 1. The first-order valence-corrected chi connectivity index (χ1v) is 3.17. The Morgan fingerprint density at radius 1 is 1.62 bits per heavy atom. The summed E-state index contributed by atoms with van der Waals surface area (Å²) >= 11 is 0. The van der Waals surface area contributed by atoms with Gasteiger partial charge in [-0.25, -0.2) is 0 Å². The van der Waals surface area contributed by atoms with Crippen LogP contribution in [-0.4, -0.2) is 36.0 Å². The summed E-state index contributed by atoms with van der Waals surface area (Å²) in [5, 5.41) is 0.715. The molecule has 0 unspecified atom stereocenters. The predicted octanol–water partition coefficient (Wildman–Crippen LogP) is 0.252. The number of rotatable bonds is 1. The average Bonchev–Trinajstić information content (AvgIpc) is 1.30. The standard InChI is InChI=1S/C3H6O3S.Mg.2H/c1-2-3-7(4,5)6;;;/h2-3H,1H3,(H,4,5,6);;;/q;+2;2*-1. The van der Waals surface area contributed by atoms with Crippen LogP contribution < -0.4 is 0 Å². The molecule has 0 aromatic heterocycles. The third-order valence-corrected chi connectivity index (χ3v) is 0.924. The van der Waals surface area contributed by atoms with Crippen molar-refractivity contribution in [1.29, 1.82) is 0 Å². The van der Waals surface area contributed by atoms with Crippen molar-refractivity contribution in [3.8, 4) is 0 Å². The maximum atomic E-state index is 9.70. The molecule has 0 rings (SSSR count). The van der Waals surface area contributed by atoms with Gasteiger partial charge in [-0.1, -0.05) is 6.08 Å². The first kappa shape index (κ1) is 11.2. The van der Waals surface area contributed by atoms with Crippen LogP contribution in [0.3, 0.4) is 0 Å². The summed E-state index contributed by atoms with van der Waals surface area (Å²) in [5.41, 5.74) is 0. The van der Waals surface area contributed by atoms with Gasteiger partial charge in [-0.15, -0.1) is 0 Å². The Morgan fingerprint density at radius 2 is 2.00 bits per heavy atom. The fourth-order valence-corrected chi connectivity index (χ4v) is 0.516. The zero-order valence-electron chi connectivity index (χ0n) is 6.53. The van der Waals surface area contributed by atoms with Crippen molar-refractivity contribution in [1.82, 2.24) is 0 Å². The predicted molar refractivity (Wildman–Crippen MR) is 34.3 cm³/mol. The molecule has 0 amide bonds. The summed E-state index contributed by atoms with van der Waals surface area (Å²) in [4.78, 5) is 0. The monoisotopic (exact) mass is 148 g/mol. The summed E-state index contributed by atoms with van der Waals surface area (Å²) in [6.45, 7) is 1.51. The van der Waals surface area contributed by atoms with Crippen molar-refractivity contribution in [2.24, 2.45) is 0 Å². The smallest absolute Gasteiger partial charge is 1.00 e. The van der Waals surface area contributed by atoms with E-state index in [0.29, 0.717) is 5.41 Å². The van der Waals surface area contributed by atoms with E-state index in [-0.39, 0.29) is 25.9 Å². The van der Waals surface area contributed by atoms with Gasteiger partial charge in [0.15, 0.2) is 0 Å². The Morgan fingerprint density at radius 3 is 2.00 bits per heavy atom. The van der Waals surface area contributed by atoms with E-state index in [4.69, 9.17) is 4.55 Å². The summed E-state index contributed by atoms with van der Waals surface area (Å²) in [7, 11) is -3.85. The first-order chi connectivity index (χ1) is 3.06. The summed E-state index contributed by atoms with van der Waals surface area (Å²) in [6.07, 6.45) is 1.25. The Kier molecular flexibility index (Phi) is 6.06. The molecule has 3 nitrogen and oxygen atoms in total. The minimum atomic E-state index is -3.85. The van der Waals surface area contributed by atoms with Crippen LogP contribution in [0.25, 0.3) is 0 Å². The van der Waals surface area contributed by atoms with Crippen molar-refractivity contribution in [2.75, 3.05) is 0 Å². The molecule has 0 aliphatic heterocycles. The van der Waals surface area contributed by atoms with Crippen LogP contribution in [0.5, 0.6) is 0 Å². The third-order valence-electron chi connectivity index (χ3n) is 0.308. The second kappa shape index (κ2) is 4.31. The van der Waals surface area contributed by atoms with Gasteiger partial charge >= 0.3 is 23.1 Å². The molecule has 8 heavy (non-hydrogen) atoms. The van der Waals surface area contributed by atoms with E-state index < -0.39 is 10.1 Å². The summed E-state index contributed by atoms with van der Waals surface area (Å²) in [6, 6.07) is 0. The van der Waals surface area contributed by atoms with Crippen molar-refractivity contribution < 1.29 is 15.8 Å². The molecule has 0 radical (unpaired) electrons. The van der Waals surface area contributed by atoms with Gasteiger partial charge in [0.2, 0.25) is 0 Å². The Bertz CT molecular complexity index is 165. The average molecular weight is 148 g/mol. The van der Waals surface area contributed by atoms with Crippen molar-refractivity contribution in [3.63, 3.8) is 0 Å². The second-order valence-corrected chi connectivity index (χ2v) is 2.29. The minimum Gasteiger partial charge on any atom is -1.00 e. The zero-order chi connectivity index (χ0) is 5.91. The van der Waals surface area contributed by atoms with E-state index in [1.807, 2.05) is 0 Å². The maximum Gasteiger partial charge on any atom is 2.00 e. The van der Waals surface area contributed by atoms with Crippen LogP contribution in [0.15, 0.2) is 11.5 Å². The Hall–Kier alpha value is 0.416. The van der Waals surface area contributed by atoms with Crippen LogP contribution in [-0.2, 0) is 10.1 Å². The molecule has 0 saturated carbocycles. The van der Waals surface area contributed by atoms with E-state index >= 15 is 0 Å². The molecule has 0 aliphatic rings. The molecule has 1 N–H and O–H groups in total. The van der Waals surface area contributed by atoms with Crippen molar-refractivity contribution in [2.45, 2.75) is 6.92 Å². The molecular formula is C3H8MgO3S. The zero-order valence-corrected chi connectivity index (χ0v) is 6.76. The van der Waals surface area contributed by atoms with Crippen molar-refractivity contribution in [3.05, 3.63) is 11.5 Å². The normalized spacial score (nSPS) is 11.2. The van der Waals surface area contributed by atoms with Gasteiger partial charge in [0.25, 0.3) is 10.1 Å². The topological polar surface area (TPSA) is 54.4 Å². The fraction of sp³-hybridized carbons (Fsp3) is 0.333. The molecule has 0 spiro atoms. The number of hydrogen-bond acceptors (Lipinski definition) is 2. The third kappa shape index (κ3) is 9.65. The van der Waals surface area contributed by atoms with E-state index in [2.05, 4.69) is 0 Å². The van der Waals surface area contributed by atoms with Gasteiger partial charge in [0, 0.05) is 0 Å². The van der Waals surface area contributed by atoms with Gasteiger partial charge in [-0.05, 0) is 6.92 Å².